The molecule has 2 fully saturated rings. The quantitative estimate of drug-likeness (QED) is 0.629. The largest absolute Gasteiger partial charge is 0.378 e. The first-order chi connectivity index (χ1) is 11.1. The summed E-state index contributed by atoms with van der Waals surface area (Å²) in [5.41, 5.74) is 1.86. The number of nitrogens with zero attached hydrogens (tertiary/aromatic N) is 3. The van der Waals surface area contributed by atoms with E-state index in [9.17, 15) is 14.9 Å². The highest BCUT2D eigenvalue weighted by Crippen LogP contribution is 2.33. The van der Waals surface area contributed by atoms with Crippen molar-refractivity contribution in [2.45, 2.75) is 19.8 Å². The summed E-state index contributed by atoms with van der Waals surface area (Å²) >= 11 is 0. The van der Waals surface area contributed by atoms with Crippen LogP contribution in [-0.2, 0) is 4.74 Å². The van der Waals surface area contributed by atoms with Crippen molar-refractivity contribution in [1.82, 2.24) is 4.90 Å². The highest BCUT2D eigenvalue weighted by atomic mass is 16.6. The standard InChI is InChI=1S/C16H21N3O4/c1-12-14(17-4-2-3-5-17)10-13(11-15(12)19(21)22)16(20)18-6-8-23-9-7-18/h10-11H,2-9H2,1H3. The second-order valence-corrected chi connectivity index (χ2v) is 6.00. The lowest BCUT2D eigenvalue weighted by Gasteiger charge is -2.27. The Kier molecular flexibility index (Phi) is 4.47. The van der Waals surface area contributed by atoms with Crippen molar-refractivity contribution in [1.29, 1.82) is 0 Å². The van der Waals surface area contributed by atoms with E-state index in [2.05, 4.69) is 4.90 Å². The number of carbonyl (C=O) groups is 1. The lowest BCUT2D eigenvalue weighted by molar-refractivity contribution is -0.385. The molecule has 1 amide bonds. The fourth-order valence-electron chi connectivity index (χ4n) is 3.23. The van der Waals surface area contributed by atoms with Gasteiger partial charge in [0.05, 0.1) is 23.7 Å². The molecule has 0 bridgehead atoms. The van der Waals surface area contributed by atoms with Crippen molar-refractivity contribution in [2.24, 2.45) is 0 Å². The molecule has 0 aromatic heterocycles. The number of benzene rings is 1. The number of nitro groups is 1. The van der Waals surface area contributed by atoms with Crippen molar-refractivity contribution in [3.8, 4) is 0 Å². The molecule has 124 valence electrons. The van der Waals surface area contributed by atoms with Crippen molar-refractivity contribution in [2.75, 3.05) is 44.3 Å². The molecule has 0 aliphatic carbocycles. The molecule has 2 saturated heterocycles. The van der Waals surface area contributed by atoms with Gasteiger partial charge in [0.2, 0.25) is 0 Å². The molecule has 0 N–H and O–H groups in total. The third-order valence-corrected chi connectivity index (χ3v) is 4.54. The monoisotopic (exact) mass is 319 g/mol. The normalized spacial score (nSPS) is 18.3. The van der Waals surface area contributed by atoms with E-state index in [1.165, 1.54) is 6.07 Å². The van der Waals surface area contributed by atoms with Crippen LogP contribution in [0.25, 0.3) is 0 Å². The van der Waals surface area contributed by atoms with E-state index in [4.69, 9.17) is 4.74 Å². The van der Waals surface area contributed by atoms with Gasteiger partial charge in [0, 0.05) is 43.5 Å². The number of morpholine rings is 1. The van der Waals surface area contributed by atoms with Crippen molar-refractivity contribution >= 4 is 17.3 Å². The predicted octanol–water partition coefficient (Wildman–Crippen LogP) is 1.98. The molecule has 7 heteroatoms. The predicted molar refractivity (Wildman–Crippen MR) is 86.0 cm³/mol. The second-order valence-electron chi connectivity index (χ2n) is 6.00. The number of anilines is 1. The first-order valence-corrected chi connectivity index (χ1v) is 7.99. The molecular formula is C16H21N3O4. The summed E-state index contributed by atoms with van der Waals surface area (Å²) in [4.78, 5) is 27.5. The van der Waals surface area contributed by atoms with Gasteiger partial charge in [-0.3, -0.25) is 14.9 Å². The molecule has 1 aromatic carbocycles. The van der Waals surface area contributed by atoms with Gasteiger partial charge in [-0.05, 0) is 25.8 Å². The molecule has 23 heavy (non-hydrogen) atoms. The van der Waals surface area contributed by atoms with E-state index in [0.29, 0.717) is 37.4 Å². The van der Waals surface area contributed by atoms with Crippen molar-refractivity contribution < 1.29 is 14.5 Å². The molecular weight excluding hydrogens is 298 g/mol. The number of hydrogen-bond acceptors (Lipinski definition) is 5. The molecule has 2 heterocycles. The summed E-state index contributed by atoms with van der Waals surface area (Å²) in [5.74, 6) is -0.156. The third-order valence-electron chi connectivity index (χ3n) is 4.54. The van der Waals surface area contributed by atoms with Crippen LogP contribution in [0.5, 0.6) is 0 Å². The zero-order valence-electron chi connectivity index (χ0n) is 13.3. The molecule has 1 aromatic rings. The highest BCUT2D eigenvalue weighted by Gasteiger charge is 2.26. The lowest BCUT2D eigenvalue weighted by Crippen LogP contribution is -2.40. The average Bonchev–Trinajstić information content (AvgIpc) is 3.09. The summed E-state index contributed by atoms with van der Waals surface area (Å²) in [6.07, 6.45) is 2.16. The number of ether oxygens (including phenoxy) is 1. The van der Waals surface area contributed by atoms with Crippen LogP contribution in [0.15, 0.2) is 12.1 Å². The Morgan fingerprint density at radius 2 is 1.83 bits per heavy atom. The zero-order chi connectivity index (χ0) is 16.4. The maximum atomic E-state index is 12.7. The van der Waals surface area contributed by atoms with E-state index < -0.39 is 4.92 Å². The van der Waals surface area contributed by atoms with E-state index in [1.54, 1.807) is 11.8 Å². The van der Waals surface area contributed by atoms with Gasteiger partial charge in [-0.1, -0.05) is 0 Å². The lowest BCUT2D eigenvalue weighted by atomic mass is 10.1. The third kappa shape index (κ3) is 3.14. The Hall–Kier alpha value is -2.15. The molecule has 3 rings (SSSR count). The number of rotatable bonds is 3. The van der Waals surface area contributed by atoms with Crippen LogP contribution in [-0.4, -0.2) is 55.1 Å². The van der Waals surface area contributed by atoms with Gasteiger partial charge in [0.15, 0.2) is 0 Å². The van der Waals surface area contributed by atoms with E-state index >= 15 is 0 Å². The van der Waals surface area contributed by atoms with Gasteiger partial charge in [-0.25, -0.2) is 0 Å². The zero-order valence-corrected chi connectivity index (χ0v) is 13.3. The molecule has 0 saturated carbocycles. The Labute approximate surface area is 135 Å². The minimum absolute atomic E-state index is 0.0195. The van der Waals surface area contributed by atoms with Gasteiger partial charge in [-0.2, -0.15) is 0 Å². The smallest absolute Gasteiger partial charge is 0.275 e. The summed E-state index contributed by atoms with van der Waals surface area (Å²) < 4.78 is 5.26. The summed E-state index contributed by atoms with van der Waals surface area (Å²) in [5, 5.41) is 11.4. The number of hydrogen-bond donors (Lipinski definition) is 0. The first-order valence-electron chi connectivity index (χ1n) is 7.99. The van der Waals surface area contributed by atoms with Gasteiger partial charge in [0.1, 0.15) is 0 Å². The molecule has 2 aliphatic heterocycles. The van der Waals surface area contributed by atoms with Gasteiger partial charge >= 0.3 is 0 Å². The fourth-order valence-corrected chi connectivity index (χ4v) is 3.23. The Morgan fingerprint density at radius 3 is 2.43 bits per heavy atom. The van der Waals surface area contributed by atoms with Crippen molar-refractivity contribution in [3.05, 3.63) is 33.4 Å². The molecule has 2 aliphatic rings. The van der Waals surface area contributed by atoms with Gasteiger partial charge in [0.25, 0.3) is 11.6 Å². The van der Waals surface area contributed by atoms with Gasteiger partial charge in [-0.15, -0.1) is 0 Å². The Bertz CT molecular complexity index is 620. The van der Waals surface area contributed by atoms with E-state index in [1.807, 2.05) is 6.07 Å². The summed E-state index contributed by atoms with van der Waals surface area (Å²) in [6, 6.07) is 3.22. The maximum absolute atomic E-state index is 12.7. The maximum Gasteiger partial charge on any atom is 0.275 e. The van der Waals surface area contributed by atoms with E-state index in [0.717, 1.165) is 31.6 Å². The van der Waals surface area contributed by atoms with Crippen molar-refractivity contribution in [3.63, 3.8) is 0 Å². The first kappa shape index (κ1) is 15.7. The SMILES string of the molecule is Cc1c(N2CCCC2)cc(C(=O)N2CCOCC2)cc1[N+](=O)[O-]. The minimum atomic E-state index is -0.398. The number of carbonyl (C=O) groups excluding carboxylic acids is 1. The Morgan fingerprint density at radius 1 is 1.17 bits per heavy atom. The fraction of sp³-hybridized carbons (Fsp3) is 0.562. The molecule has 0 radical (unpaired) electrons. The van der Waals surface area contributed by atoms with Crippen LogP contribution in [0, 0.1) is 17.0 Å². The minimum Gasteiger partial charge on any atom is -0.378 e. The van der Waals surface area contributed by atoms with Crippen LogP contribution in [0.1, 0.15) is 28.8 Å². The molecule has 0 spiro atoms. The number of nitro benzene ring substituents is 1. The van der Waals surface area contributed by atoms with E-state index in [-0.39, 0.29) is 11.6 Å². The molecule has 0 unspecified atom stereocenters. The topological polar surface area (TPSA) is 75.9 Å². The van der Waals surface area contributed by atoms with Crippen LogP contribution in [0.3, 0.4) is 0 Å². The van der Waals surface area contributed by atoms with Crippen LogP contribution in [0.4, 0.5) is 11.4 Å². The average molecular weight is 319 g/mol. The van der Waals surface area contributed by atoms with Gasteiger partial charge < -0.3 is 14.5 Å². The molecule has 7 nitrogen and oxygen atoms in total. The summed E-state index contributed by atoms with van der Waals surface area (Å²) in [6.45, 7) is 5.60. The highest BCUT2D eigenvalue weighted by molar-refractivity contribution is 5.96. The van der Waals surface area contributed by atoms with Crippen LogP contribution in [0.2, 0.25) is 0 Å². The Balaban J connectivity index is 1.98. The second kappa shape index (κ2) is 6.54. The summed E-state index contributed by atoms with van der Waals surface area (Å²) in [7, 11) is 0. The number of amides is 1. The van der Waals surface area contributed by atoms with Crippen LogP contribution >= 0.6 is 0 Å². The van der Waals surface area contributed by atoms with Crippen LogP contribution < -0.4 is 4.90 Å². The molecule has 0 atom stereocenters.